The molecule has 8 heteroatoms. The molecule has 0 atom stereocenters. The fraction of sp³-hybridized carbons (Fsp3) is 0.240. The van der Waals surface area contributed by atoms with Gasteiger partial charge in [-0.1, -0.05) is 23.9 Å². The molecule has 33 heavy (non-hydrogen) atoms. The molecule has 0 saturated heterocycles. The molecule has 0 spiro atoms. The zero-order valence-corrected chi connectivity index (χ0v) is 19.6. The number of para-hydroxylation sites is 1. The number of rotatable bonds is 8. The number of ether oxygens (including phenoxy) is 1. The van der Waals surface area contributed by atoms with Crippen molar-refractivity contribution in [2.24, 2.45) is 0 Å². The summed E-state index contributed by atoms with van der Waals surface area (Å²) < 4.78 is 12.6. The Kier molecular flexibility index (Phi) is 6.84. The molecule has 2 heterocycles. The van der Waals surface area contributed by atoms with Crippen molar-refractivity contribution in [2.75, 3.05) is 19.4 Å². The second-order valence-electron chi connectivity index (χ2n) is 7.53. The number of benzene rings is 2. The van der Waals surface area contributed by atoms with Crippen LogP contribution in [0.1, 0.15) is 18.4 Å². The van der Waals surface area contributed by atoms with Gasteiger partial charge in [-0.2, -0.15) is 0 Å². The first-order valence-electron chi connectivity index (χ1n) is 10.6. The minimum atomic E-state index is -0.181. The predicted octanol–water partition coefficient (Wildman–Crippen LogP) is 4.44. The zero-order chi connectivity index (χ0) is 23.4. The Morgan fingerprint density at radius 1 is 1.12 bits per heavy atom. The Morgan fingerprint density at radius 2 is 1.88 bits per heavy atom. The van der Waals surface area contributed by atoms with Gasteiger partial charge >= 0.3 is 0 Å². The highest BCUT2D eigenvalue weighted by Crippen LogP contribution is 2.23. The van der Waals surface area contributed by atoms with E-state index in [0.717, 1.165) is 17.3 Å². The Morgan fingerprint density at radius 3 is 2.58 bits per heavy atom. The van der Waals surface area contributed by atoms with Crippen molar-refractivity contribution < 1.29 is 13.9 Å². The smallest absolute Gasteiger partial charge is 0.266 e. The van der Waals surface area contributed by atoms with E-state index in [2.05, 4.69) is 0 Å². The molecular formula is C25H25N3O4S. The molecule has 0 radical (unpaired) electrons. The Labute approximate surface area is 196 Å². The summed E-state index contributed by atoms with van der Waals surface area (Å²) in [4.78, 5) is 32.4. The highest BCUT2D eigenvalue weighted by atomic mass is 32.2. The maximum absolute atomic E-state index is 13.4. The second-order valence-corrected chi connectivity index (χ2v) is 8.47. The van der Waals surface area contributed by atoms with E-state index in [0.29, 0.717) is 34.9 Å². The van der Waals surface area contributed by atoms with Crippen molar-refractivity contribution in [3.8, 4) is 11.4 Å². The molecule has 4 aromatic rings. The van der Waals surface area contributed by atoms with Crippen molar-refractivity contribution in [3.63, 3.8) is 0 Å². The molecule has 0 aliphatic carbocycles. The Hall–Kier alpha value is -3.52. The van der Waals surface area contributed by atoms with Crippen molar-refractivity contribution in [1.82, 2.24) is 14.5 Å². The van der Waals surface area contributed by atoms with E-state index in [4.69, 9.17) is 14.1 Å². The lowest BCUT2D eigenvalue weighted by atomic mass is 10.2. The largest absolute Gasteiger partial charge is 0.494 e. The molecular weight excluding hydrogens is 438 g/mol. The number of carbonyl (C=O) groups is 1. The molecule has 170 valence electrons. The summed E-state index contributed by atoms with van der Waals surface area (Å²) >= 11 is 1.24. The van der Waals surface area contributed by atoms with Crippen molar-refractivity contribution in [2.45, 2.75) is 25.5 Å². The summed E-state index contributed by atoms with van der Waals surface area (Å²) in [6.45, 7) is 4.73. The van der Waals surface area contributed by atoms with Gasteiger partial charge < -0.3 is 14.1 Å². The van der Waals surface area contributed by atoms with E-state index in [-0.39, 0.29) is 17.2 Å². The first kappa shape index (κ1) is 22.7. The molecule has 2 aromatic carbocycles. The molecule has 0 unspecified atom stereocenters. The number of hydrogen-bond acceptors (Lipinski definition) is 6. The van der Waals surface area contributed by atoms with Crippen LogP contribution >= 0.6 is 11.8 Å². The number of hydrogen-bond donors (Lipinski definition) is 0. The maximum atomic E-state index is 13.4. The van der Waals surface area contributed by atoms with E-state index < -0.39 is 0 Å². The van der Waals surface area contributed by atoms with E-state index in [1.54, 1.807) is 28.6 Å². The fourth-order valence-electron chi connectivity index (χ4n) is 3.42. The van der Waals surface area contributed by atoms with Crippen LogP contribution in [0.5, 0.6) is 5.75 Å². The summed E-state index contributed by atoms with van der Waals surface area (Å²) in [7, 11) is 1.73. The third-order valence-corrected chi connectivity index (χ3v) is 6.01. The topological polar surface area (TPSA) is 77.6 Å². The molecule has 0 aliphatic heterocycles. The summed E-state index contributed by atoms with van der Waals surface area (Å²) in [6.07, 6.45) is 0. The fourth-order valence-corrected chi connectivity index (χ4v) is 4.38. The van der Waals surface area contributed by atoms with Gasteiger partial charge in [0.25, 0.3) is 5.56 Å². The van der Waals surface area contributed by atoms with E-state index >= 15 is 0 Å². The van der Waals surface area contributed by atoms with Crippen molar-refractivity contribution >= 4 is 28.6 Å². The zero-order valence-electron chi connectivity index (χ0n) is 18.8. The monoisotopic (exact) mass is 463 g/mol. The average Bonchev–Trinajstić information content (AvgIpc) is 3.23. The predicted molar refractivity (Wildman–Crippen MR) is 129 cm³/mol. The molecule has 0 fully saturated rings. The molecule has 7 nitrogen and oxygen atoms in total. The van der Waals surface area contributed by atoms with Crippen LogP contribution in [0, 0.1) is 6.92 Å². The maximum Gasteiger partial charge on any atom is 0.266 e. The summed E-state index contributed by atoms with van der Waals surface area (Å²) in [5.41, 5.74) is 1.08. The van der Waals surface area contributed by atoms with Crippen LogP contribution in [-0.2, 0) is 11.3 Å². The molecule has 1 amide bonds. The summed E-state index contributed by atoms with van der Waals surface area (Å²) in [5, 5.41) is 0.978. The van der Waals surface area contributed by atoms with Crippen LogP contribution in [0.2, 0.25) is 0 Å². The number of carbonyl (C=O) groups excluding carboxylic acids is 1. The van der Waals surface area contributed by atoms with Gasteiger partial charge in [-0.25, -0.2) is 4.98 Å². The van der Waals surface area contributed by atoms with Gasteiger partial charge in [0, 0.05) is 7.05 Å². The van der Waals surface area contributed by atoms with Crippen LogP contribution in [0.25, 0.3) is 16.6 Å². The minimum absolute atomic E-state index is 0.0882. The third-order valence-electron chi connectivity index (χ3n) is 5.09. The molecule has 2 aromatic heterocycles. The number of nitrogens with zero attached hydrogens (tertiary/aromatic N) is 3. The number of aromatic nitrogens is 2. The van der Waals surface area contributed by atoms with Gasteiger partial charge in [-0.3, -0.25) is 14.2 Å². The second kappa shape index (κ2) is 9.95. The van der Waals surface area contributed by atoms with E-state index in [1.165, 1.54) is 11.8 Å². The lowest BCUT2D eigenvalue weighted by molar-refractivity contribution is -0.127. The third kappa shape index (κ3) is 5.12. The molecule has 4 rings (SSSR count). The Balaban J connectivity index is 1.62. The van der Waals surface area contributed by atoms with Gasteiger partial charge in [0.05, 0.1) is 35.5 Å². The van der Waals surface area contributed by atoms with Crippen LogP contribution in [0.3, 0.4) is 0 Å². The molecule has 0 aliphatic rings. The van der Waals surface area contributed by atoms with E-state index in [1.807, 2.05) is 62.4 Å². The number of fused-ring (bicyclic) bond motifs is 1. The van der Waals surface area contributed by atoms with Gasteiger partial charge in [0.1, 0.15) is 17.3 Å². The van der Waals surface area contributed by atoms with Crippen LogP contribution < -0.4 is 10.3 Å². The minimum Gasteiger partial charge on any atom is -0.494 e. The lowest BCUT2D eigenvalue weighted by Gasteiger charge is -2.17. The van der Waals surface area contributed by atoms with Crippen LogP contribution in [0.4, 0.5) is 0 Å². The number of furan rings is 1. The molecule has 0 bridgehead atoms. The van der Waals surface area contributed by atoms with Gasteiger partial charge in [-0.05, 0) is 62.4 Å². The quantitative estimate of drug-likeness (QED) is 0.284. The standard InChI is InChI=1S/C25H25N3O4S/c1-4-31-19-13-10-18(11-14-19)28-24(30)21-7-5-6-8-22(21)26-25(28)33-16-23(29)27(3)15-20-12-9-17(2)32-20/h5-14H,4,15-16H2,1-3H3. The highest BCUT2D eigenvalue weighted by molar-refractivity contribution is 7.99. The lowest BCUT2D eigenvalue weighted by Crippen LogP contribution is -2.28. The van der Waals surface area contributed by atoms with Gasteiger partial charge in [-0.15, -0.1) is 0 Å². The van der Waals surface area contributed by atoms with Crippen molar-refractivity contribution in [3.05, 3.63) is 82.5 Å². The first-order valence-corrected chi connectivity index (χ1v) is 11.6. The van der Waals surface area contributed by atoms with Gasteiger partial charge in [0.2, 0.25) is 5.91 Å². The normalized spacial score (nSPS) is 11.0. The Bertz CT molecular complexity index is 1330. The van der Waals surface area contributed by atoms with Crippen molar-refractivity contribution in [1.29, 1.82) is 0 Å². The molecule has 0 N–H and O–H groups in total. The first-order chi connectivity index (χ1) is 16.0. The van der Waals surface area contributed by atoms with E-state index in [9.17, 15) is 9.59 Å². The average molecular weight is 464 g/mol. The molecule has 0 saturated carbocycles. The van der Waals surface area contributed by atoms with Gasteiger partial charge in [0.15, 0.2) is 5.16 Å². The van der Waals surface area contributed by atoms with Crippen LogP contribution in [0.15, 0.2) is 75.0 Å². The number of thioether (sulfide) groups is 1. The summed E-state index contributed by atoms with van der Waals surface area (Å²) in [6, 6.07) is 18.2. The highest BCUT2D eigenvalue weighted by Gasteiger charge is 2.17. The number of amides is 1. The number of aryl methyl sites for hydroxylation is 1. The summed E-state index contributed by atoms with van der Waals surface area (Å²) in [5.74, 6) is 2.30. The SMILES string of the molecule is CCOc1ccc(-n2c(SCC(=O)N(C)Cc3ccc(C)o3)nc3ccccc3c2=O)cc1. The van der Waals surface area contributed by atoms with Crippen LogP contribution in [-0.4, -0.2) is 39.8 Å².